The number of hydrogen-bond acceptors (Lipinski definition) is 3. The smallest absolute Gasteiger partial charge is 0.206 e. The van der Waals surface area contributed by atoms with E-state index in [1.165, 1.54) is 0 Å². The molecule has 0 aliphatic heterocycles. The molecule has 2 rings (SSSR count). The van der Waals surface area contributed by atoms with Crippen LogP contribution in [0.4, 0.5) is 5.95 Å². The van der Waals surface area contributed by atoms with Gasteiger partial charge in [-0.15, -0.1) is 0 Å². The zero-order valence-electron chi connectivity index (χ0n) is 10.6. The number of fused-ring (bicyclic) bond motifs is 1. The van der Waals surface area contributed by atoms with Gasteiger partial charge in [-0.3, -0.25) is 0 Å². The van der Waals surface area contributed by atoms with Crippen molar-refractivity contribution in [3.8, 4) is 0 Å². The van der Waals surface area contributed by atoms with E-state index in [1.54, 1.807) is 0 Å². The Bertz CT molecular complexity index is 489. The van der Waals surface area contributed by atoms with Gasteiger partial charge in [0.05, 0.1) is 11.0 Å². The number of nitrogens with two attached hydrogens (primary N) is 1. The zero-order chi connectivity index (χ0) is 12.3. The Morgan fingerprint density at radius 1 is 1.35 bits per heavy atom. The lowest BCUT2D eigenvalue weighted by atomic mass is 10.3. The normalized spacial score (nSPS) is 11.0. The van der Waals surface area contributed by atoms with Crippen LogP contribution in [0.5, 0.6) is 0 Å². The predicted molar refractivity (Wildman–Crippen MR) is 72.3 cm³/mol. The van der Waals surface area contributed by atoms with Gasteiger partial charge < -0.3 is 15.2 Å². The summed E-state index contributed by atoms with van der Waals surface area (Å²) in [6.07, 6.45) is 1.11. The summed E-state index contributed by atoms with van der Waals surface area (Å²) >= 11 is 0. The summed E-state index contributed by atoms with van der Waals surface area (Å²) in [5.74, 6) is 1.01. The molecule has 0 bridgehead atoms. The van der Waals surface area contributed by atoms with Gasteiger partial charge in [0, 0.05) is 26.7 Å². The number of imidazole rings is 1. The second kappa shape index (κ2) is 5.19. The average molecular weight is 232 g/mol. The van der Waals surface area contributed by atoms with Crippen LogP contribution < -0.4 is 10.6 Å². The molecular formula is C13H20N4. The van der Waals surface area contributed by atoms with E-state index in [0.717, 1.165) is 36.5 Å². The van der Waals surface area contributed by atoms with Gasteiger partial charge in [0.2, 0.25) is 5.95 Å². The molecule has 17 heavy (non-hydrogen) atoms. The summed E-state index contributed by atoms with van der Waals surface area (Å²) in [6.45, 7) is 4.62. The Hall–Kier alpha value is -1.55. The summed E-state index contributed by atoms with van der Waals surface area (Å²) in [7, 11) is 2.08. The van der Waals surface area contributed by atoms with E-state index in [0.29, 0.717) is 6.54 Å². The van der Waals surface area contributed by atoms with Crippen LogP contribution >= 0.6 is 0 Å². The first-order valence-electron chi connectivity index (χ1n) is 6.14. The van der Waals surface area contributed by atoms with Gasteiger partial charge in [-0.25, -0.2) is 4.98 Å². The van der Waals surface area contributed by atoms with Crippen molar-refractivity contribution in [1.29, 1.82) is 0 Å². The maximum absolute atomic E-state index is 5.69. The average Bonchev–Trinajstić information content (AvgIpc) is 2.70. The maximum atomic E-state index is 5.69. The number of aromatic nitrogens is 2. The van der Waals surface area contributed by atoms with Gasteiger partial charge in [0.15, 0.2) is 0 Å². The Kier molecular flexibility index (Phi) is 3.64. The predicted octanol–water partition coefficient (Wildman–Crippen LogP) is 1.84. The van der Waals surface area contributed by atoms with Crippen LogP contribution in [-0.4, -0.2) is 29.7 Å². The van der Waals surface area contributed by atoms with Gasteiger partial charge in [0.25, 0.3) is 0 Å². The van der Waals surface area contributed by atoms with E-state index < -0.39 is 0 Å². The summed E-state index contributed by atoms with van der Waals surface area (Å²) in [5, 5.41) is 0. The lowest BCUT2D eigenvalue weighted by molar-refractivity contribution is 0.699. The van der Waals surface area contributed by atoms with E-state index in [-0.39, 0.29) is 0 Å². The van der Waals surface area contributed by atoms with Crippen molar-refractivity contribution in [2.45, 2.75) is 19.9 Å². The highest BCUT2D eigenvalue weighted by atomic mass is 15.3. The van der Waals surface area contributed by atoms with Crippen molar-refractivity contribution < 1.29 is 0 Å². The molecule has 4 nitrogen and oxygen atoms in total. The van der Waals surface area contributed by atoms with E-state index in [4.69, 9.17) is 5.73 Å². The molecule has 4 heteroatoms. The van der Waals surface area contributed by atoms with Gasteiger partial charge >= 0.3 is 0 Å². The minimum Gasteiger partial charge on any atom is -0.345 e. The third-order valence-electron chi connectivity index (χ3n) is 2.89. The van der Waals surface area contributed by atoms with Crippen molar-refractivity contribution in [2.24, 2.45) is 5.73 Å². The van der Waals surface area contributed by atoms with Crippen LogP contribution in [0, 0.1) is 0 Å². The van der Waals surface area contributed by atoms with Crippen molar-refractivity contribution in [3.05, 3.63) is 24.3 Å². The molecule has 92 valence electrons. The van der Waals surface area contributed by atoms with Crippen molar-refractivity contribution in [1.82, 2.24) is 9.55 Å². The van der Waals surface area contributed by atoms with Gasteiger partial charge in [0.1, 0.15) is 0 Å². The lowest BCUT2D eigenvalue weighted by Gasteiger charge is -2.18. The van der Waals surface area contributed by atoms with Crippen LogP contribution in [0.25, 0.3) is 11.0 Å². The minimum absolute atomic E-state index is 0.632. The second-order valence-corrected chi connectivity index (χ2v) is 4.26. The molecule has 1 heterocycles. The first-order chi connectivity index (χ1) is 8.27. The van der Waals surface area contributed by atoms with Gasteiger partial charge in [-0.1, -0.05) is 19.1 Å². The van der Waals surface area contributed by atoms with Gasteiger partial charge in [-0.2, -0.15) is 0 Å². The van der Waals surface area contributed by atoms with Crippen molar-refractivity contribution >= 4 is 17.0 Å². The highest BCUT2D eigenvalue weighted by Gasteiger charge is 2.12. The largest absolute Gasteiger partial charge is 0.345 e. The van der Waals surface area contributed by atoms with Crippen LogP contribution in [0.15, 0.2) is 24.3 Å². The first-order valence-corrected chi connectivity index (χ1v) is 6.14. The Morgan fingerprint density at radius 3 is 2.82 bits per heavy atom. The zero-order valence-corrected chi connectivity index (χ0v) is 10.6. The molecule has 2 aromatic rings. The molecule has 0 saturated carbocycles. The molecule has 2 N–H and O–H groups in total. The quantitative estimate of drug-likeness (QED) is 0.855. The standard InChI is InChI=1S/C13H20N4/c1-3-9-16(2)13-15-11-6-4-5-7-12(11)17(13)10-8-14/h4-7H,3,8-10,14H2,1-2H3. The molecule has 0 amide bonds. The maximum Gasteiger partial charge on any atom is 0.206 e. The molecular weight excluding hydrogens is 212 g/mol. The first kappa shape index (κ1) is 11.9. The van der Waals surface area contributed by atoms with E-state index >= 15 is 0 Å². The number of benzene rings is 1. The summed E-state index contributed by atoms with van der Waals surface area (Å²) in [5.41, 5.74) is 7.89. The minimum atomic E-state index is 0.632. The van der Waals surface area contributed by atoms with Gasteiger partial charge in [-0.05, 0) is 18.6 Å². The van der Waals surface area contributed by atoms with E-state index in [2.05, 4.69) is 34.5 Å². The Balaban J connectivity index is 2.49. The molecule has 0 spiro atoms. The number of anilines is 1. The molecule has 1 aromatic heterocycles. The van der Waals surface area contributed by atoms with Crippen LogP contribution in [0.1, 0.15) is 13.3 Å². The monoisotopic (exact) mass is 232 g/mol. The molecule has 0 aliphatic carbocycles. The molecule has 1 aromatic carbocycles. The van der Waals surface area contributed by atoms with Crippen LogP contribution in [0.3, 0.4) is 0 Å². The lowest BCUT2D eigenvalue weighted by Crippen LogP contribution is -2.23. The van der Waals surface area contributed by atoms with Crippen LogP contribution in [-0.2, 0) is 6.54 Å². The molecule has 0 atom stereocenters. The third-order valence-corrected chi connectivity index (χ3v) is 2.89. The number of rotatable bonds is 5. The fourth-order valence-corrected chi connectivity index (χ4v) is 2.14. The topological polar surface area (TPSA) is 47.1 Å². The molecule has 0 fully saturated rings. The summed E-state index contributed by atoms with van der Waals surface area (Å²) < 4.78 is 2.20. The third kappa shape index (κ3) is 2.26. The molecule has 0 radical (unpaired) electrons. The van der Waals surface area contributed by atoms with Crippen LogP contribution in [0.2, 0.25) is 0 Å². The SMILES string of the molecule is CCCN(C)c1nc2ccccc2n1CCN. The fraction of sp³-hybridized carbons (Fsp3) is 0.462. The molecule has 0 aliphatic rings. The van der Waals surface area contributed by atoms with E-state index in [9.17, 15) is 0 Å². The molecule has 0 saturated heterocycles. The fourth-order valence-electron chi connectivity index (χ4n) is 2.14. The van der Waals surface area contributed by atoms with E-state index in [1.807, 2.05) is 18.2 Å². The Labute approximate surface area is 102 Å². The number of para-hydroxylation sites is 2. The highest BCUT2D eigenvalue weighted by molar-refractivity contribution is 5.78. The summed E-state index contributed by atoms with van der Waals surface area (Å²) in [4.78, 5) is 6.87. The molecule has 0 unspecified atom stereocenters. The number of nitrogens with zero attached hydrogens (tertiary/aromatic N) is 3. The summed E-state index contributed by atoms with van der Waals surface area (Å²) in [6, 6.07) is 8.21. The van der Waals surface area contributed by atoms with Crippen molar-refractivity contribution in [3.63, 3.8) is 0 Å². The highest BCUT2D eigenvalue weighted by Crippen LogP contribution is 2.21. The number of hydrogen-bond donors (Lipinski definition) is 1. The van der Waals surface area contributed by atoms with Crippen molar-refractivity contribution in [2.75, 3.05) is 25.0 Å². The Morgan fingerprint density at radius 2 is 2.12 bits per heavy atom. The second-order valence-electron chi connectivity index (χ2n) is 4.26.